The zero-order valence-corrected chi connectivity index (χ0v) is 24.1. The predicted octanol–water partition coefficient (Wildman–Crippen LogP) is 4.33. The van der Waals surface area contributed by atoms with Crippen molar-refractivity contribution in [3.8, 4) is 0 Å². The summed E-state index contributed by atoms with van der Waals surface area (Å²) in [6, 6.07) is 13.4. The quantitative estimate of drug-likeness (QED) is 0.520. The largest absolute Gasteiger partial charge is 0.340 e. The van der Waals surface area contributed by atoms with Crippen molar-refractivity contribution in [3.63, 3.8) is 0 Å². The molecule has 1 saturated carbocycles. The molecule has 0 spiro atoms. The second-order valence-corrected chi connectivity index (χ2v) is 13.5. The fraction of sp³-hybridized carbons (Fsp3) is 0.517. The van der Waals surface area contributed by atoms with Crippen LogP contribution in [0, 0.1) is 12.8 Å². The van der Waals surface area contributed by atoms with Crippen molar-refractivity contribution in [2.24, 2.45) is 5.92 Å². The lowest BCUT2D eigenvalue weighted by molar-refractivity contribution is -0.133. The highest BCUT2D eigenvalue weighted by molar-refractivity contribution is 7.91. The van der Waals surface area contributed by atoms with Crippen LogP contribution in [0.15, 0.2) is 53.4 Å². The molecule has 2 aromatic carbocycles. The second kappa shape index (κ2) is 11.8. The maximum absolute atomic E-state index is 13.5. The summed E-state index contributed by atoms with van der Waals surface area (Å²) < 4.78 is 26.9. The van der Waals surface area contributed by atoms with Gasteiger partial charge in [0.2, 0.25) is 5.91 Å². The van der Waals surface area contributed by atoms with Crippen LogP contribution in [0.2, 0.25) is 5.02 Å². The Balaban J connectivity index is 1.53. The Kier molecular flexibility index (Phi) is 8.85. The molecule has 1 aliphatic heterocycles. The van der Waals surface area contributed by atoms with Crippen LogP contribution in [-0.4, -0.2) is 73.5 Å². The fourth-order valence-electron chi connectivity index (χ4n) is 5.76. The van der Waals surface area contributed by atoms with Gasteiger partial charge in [-0.15, -0.1) is 0 Å². The van der Waals surface area contributed by atoms with Gasteiger partial charge in [0.15, 0.2) is 9.84 Å². The molecule has 38 heavy (non-hydrogen) atoms. The predicted molar refractivity (Wildman–Crippen MR) is 150 cm³/mol. The summed E-state index contributed by atoms with van der Waals surface area (Å²) in [5.41, 5.74) is 1.41. The highest BCUT2D eigenvalue weighted by Gasteiger charge is 2.44. The molecule has 1 heterocycles. The number of benzene rings is 2. The molecule has 9 heteroatoms. The summed E-state index contributed by atoms with van der Waals surface area (Å²) in [7, 11) is -1.45. The summed E-state index contributed by atoms with van der Waals surface area (Å²) >= 11 is 6.03. The van der Waals surface area contributed by atoms with Crippen molar-refractivity contribution in [3.05, 3.63) is 64.7 Å². The molecule has 2 aliphatic rings. The molecular formula is C29H38ClN3O4S. The van der Waals surface area contributed by atoms with Gasteiger partial charge in [0, 0.05) is 35.3 Å². The Morgan fingerprint density at radius 2 is 1.84 bits per heavy atom. The highest BCUT2D eigenvalue weighted by Crippen LogP contribution is 2.36. The van der Waals surface area contributed by atoms with Crippen LogP contribution >= 0.6 is 11.6 Å². The lowest BCUT2D eigenvalue weighted by Gasteiger charge is -2.44. The first-order chi connectivity index (χ1) is 18.0. The molecule has 1 unspecified atom stereocenters. The van der Waals surface area contributed by atoms with Gasteiger partial charge >= 0.3 is 0 Å². The summed E-state index contributed by atoms with van der Waals surface area (Å²) in [4.78, 5) is 30.7. The number of nitrogens with zero attached hydrogens (tertiary/aromatic N) is 2. The van der Waals surface area contributed by atoms with Crippen molar-refractivity contribution in [1.29, 1.82) is 0 Å². The Morgan fingerprint density at radius 1 is 1.13 bits per heavy atom. The zero-order valence-electron chi connectivity index (χ0n) is 22.6. The number of rotatable bonds is 8. The van der Waals surface area contributed by atoms with E-state index in [0.717, 1.165) is 18.4 Å². The minimum Gasteiger partial charge on any atom is -0.340 e. The Hall–Kier alpha value is -2.42. The third-order valence-electron chi connectivity index (χ3n) is 8.15. The van der Waals surface area contributed by atoms with Gasteiger partial charge in [-0.1, -0.05) is 35.4 Å². The smallest absolute Gasteiger partial charge is 0.251 e. The third-order valence-corrected chi connectivity index (χ3v) is 10.2. The number of amides is 2. The number of carbonyl (C=O) groups is 2. The second-order valence-electron chi connectivity index (χ2n) is 11.0. The molecule has 2 amide bonds. The first kappa shape index (κ1) is 28.6. The number of carbonyl (C=O) groups excluding carboxylic acids is 2. The number of nitrogens with one attached hydrogen (secondary N) is 1. The van der Waals surface area contributed by atoms with Gasteiger partial charge in [-0.25, -0.2) is 8.42 Å². The van der Waals surface area contributed by atoms with Gasteiger partial charge in [-0.2, -0.15) is 0 Å². The molecule has 4 atom stereocenters. The normalized spacial score (nSPS) is 24.3. The minimum atomic E-state index is -3.54. The molecule has 0 aromatic heterocycles. The van der Waals surface area contributed by atoms with Crippen molar-refractivity contribution in [1.82, 2.24) is 15.1 Å². The van der Waals surface area contributed by atoms with E-state index in [9.17, 15) is 18.0 Å². The first-order valence-corrected chi connectivity index (χ1v) is 15.4. The van der Waals surface area contributed by atoms with Crippen LogP contribution < -0.4 is 5.32 Å². The van der Waals surface area contributed by atoms with Crippen molar-refractivity contribution in [2.45, 2.75) is 75.5 Å². The standard InChI is InChI=1S/C29H38ClN3O4S/c1-19(2)32(4)24-10-13-27(22(17-24)18-38(36,37)25-11-8-20(3)9-12-25)33-15-14-26(29(33)35)31-28(34)21-6-5-7-23(30)16-21/h5-9,11-12,16,19,22,24,26-27H,10,13-15,17-18H2,1-4H3,(H,31,34)/t22-,24+,26?,27-/m0/s1. The fourth-order valence-corrected chi connectivity index (χ4v) is 7.62. The minimum absolute atomic E-state index is 0.00746. The van der Waals surface area contributed by atoms with Crippen molar-refractivity contribution in [2.75, 3.05) is 19.3 Å². The molecule has 2 aromatic rings. The Bertz CT molecular complexity index is 1260. The zero-order chi connectivity index (χ0) is 27.6. The number of hydrogen-bond acceptors (Lipinski definition) is 5. The average molecular weight is 560 g/mol. The molecule has 7 nitrogen and oxygen atoms in total. The number of likely N-dealkylation sites (tertiary alicyclic amines) is 1. The van der Waals surface area contributed by atoms with Crippen LogP contribution in [-0.2, 0) is 14.6 Å². The SMILES string of the molecule is Cc1ccc(S(=O)(=O)C[C@@H]2C[C@H](N(C)C(C)C)CC[C@@H]2N2CCC(NC(=O)c3cccc(Cl)c3)C2=O)cc1. The molecule has 206 valence electrons. The van der Waals surface area contributed by atoms with Gasteiger partial charge in [-0.3, -0.25) is 9.59 Å². The van der Waals surface area contributed by atoms with Crippen LogP contribution in [0.25, 0.3) is 0 Å². The van der Waals surface area contributed by atoms with Gasteiger partial charge in [0.1, 0.15) is 6.04 Å². The van der Waals surface area contributed by atoms with E-state index in [1.807, 2.05) is 24.0 Å². The van der Waals surface area contributed by atoms with Gasteiger partial charge in [0.05, 0.1) is 10.6 Å². The Morgan fingerprint density at radius 3 is 2.50 bits per heavy atom. The molecule has 0 bridgehead atoms. The Labute approximate surface area is 231 Å². The summed E-state index contributed by atoms with van der Waals surface area (Å²) in [5, 5.41) is 3.32. The van der Waals surface area contributed by atoms with Crippen LogP contribution in [0.5, 0.6) is 0 Å². The monoisotopic (exact) mass is 559 g/mol. The molecule has 1 N–H and O–H groups in total. The van der Waals surface area contributed by atoms with Crippen molar-refractivity contribution >= 4 is 33.3 Å². The molecule has 2 fully saturated rings. The van der Waals surface area contributed by atoms with Crippen molar-refractivity contribution < 1.29 is 18.0 Å². The van der Waals surface area contributed by atoms with Crippen LogP contribution in [0.4, 0.5) is 0 Å². The first-order valence-electron chi connectivity index (χ1n) is 13.3. The van der Waals surface area contributed by atoms with Gasteiger partial charge < -0.3 is 15.1 Å². The maximum Gasteiger partial charge on any atom is 0.251 e. The van der Waals surface area contributed by atoms with Gasteiger partial charge in [0.25, 0.3) is 5.91 Å². The summed E-state index contributed by atoms with van der Waals surface area (Å²) in [6.45, 7) is 6.71. The van der Waals surface area contributed by atoms with E-state index in [0.29, 0.717) is 40.9 Å². The lowest BCUT2D eigenvalue weighted by Crippen LogP contribution is -2.53. The summed E-state index contributed by atoms with van der Waals surface area (Å²) in [6.07, 6.45) is 2.82. The lowest BCUT2D eigenvalue weighted by atomic mass is 9.81. The van der Waals surface area contributed by atoms with E-state index in [1.165, 1.54) is 0 Å². The maximum atomic E-state index is 13.5. The van der Waals surface area contributed by atoms with E-state index < -0.39 is 15.9 Å². The van der Waals surface area contributed by atoms with E-state index >= 15 is 0 Å². The molecule has 1 aliphatic carbocycles. The third kappa shape index (κ3) is 6.41. The number of sulfone groups is 1. The van der Waals surface area contributed by atoms with E-state index in [2.05, 4.69) is 31.1 Å². The molecule has 4 rings (SSSR count). The molecule has 0 radical (unpaired) electrons. The summed E-state index contributed by atoms with van der Waals surface area (Å²) in [5.74, 6) is -0.688. The van der Waals surface area contributed by atoms with Crippen LogP contribution in [0.1, 0.15) is 55.5 Å². The van der Waals surface area contributed by atoms with Gasteiger partial charge in [-0.05, 0) is 89.8 Å². The topological polar surface area (TPSA) is 86.8 Å². The van der Waals surface area contributed by atoms with E-state index in [4.69, 9.17) is 11.6 Å². The van der Waals surface area contributed by atoms with E-state index in [-0.39, 0.29) is 35.6 Å². The number of hydrogen-bond donors (Lipinski definition) is 1. The number of halogens is 1. The van der Waals surface area contributed by atoms with Crippen LogP contribution in [0.3, 0.4) is 0 Å². The average Bonchev–Trinajstić information content (AvgIpc) is 3.23. The molecular weight excluding hydrogens is 522 g/mol. The number of aryl methyl sites for hydroxylation is 1. The highest BCUT2D eigenvalue weighted by atomic mass is 35.5. The molecule has 1 saturated heterocycles. The van der Waals surface area contributed by atoms with E-state index in [1.54, 1.807) is 36.4 Å².